The minimum absolute atomic E-state index is 0.0342. The van der Waals surface area contributed by atoms with E-state index >= 15 is 0 Å². The number of nitrogens with zero attached hydrogens (tertiary/aromatic N) is 1. The molecule has 0 radical (unpaired) electrons. The molecular formula is C14H17F2NO3. The van der Waals surface area contributed by atoms with Gasteiger partial charge in [0, 0.05) is 12.1 Å². The molecule has 1 N–H and O–H groups in total. The Bertz CT molecular complexity index is 475. The average molecular weight is 285 g/mol. The van der Waals surface area contributed by atoms with Crippen molar-refractivity contribution in [3.63, 3.8) is 0 Å². The number of rotatable bonds is 6. The fourth-order valence-electron chi connectivity index (χ4n) is 1.79. The Morgan fingerprint density at radius 1 is 1.25 bits per heavy atom. The molecule has 0 heterocycles. The van der Waals surface area contributed by atoms with Crippen molar-refractivity contribution < 1.29 is 23.5 Å². The first-order valence-corrected chi connectivity index (χ1v) is 6.19. The van der Waals surface area contributed by atoms with Crippen LogP contribution in [0.5, 0.6) is 0 Å². The molecule has 110 valence electrons. The molecular weight excluding hydrogens is 268 g/mol. The van der Waals surface area contributed by atoms with Crippen molar-refractivity contribution >= 4 is 11.9 Å². The summed E-state index contributed by atoms with van der Waals surface area (Å²) in [7, 11) is 0. The van der Waals surface area contributed by atoms with Crippen LogP contribution in [-0.2, 0) is 15.5 Å². The minimum atomic E-state index is -3.73. The number of amides is 1. The summed E-state index contributed by atoms with van der Waals surface area (Å²) in [4.78, 5) is 23.3. The molecule has 0 unspecified atom stereocenters. The summed E-state index contributed by atoms with van der Waals surface area (Å²) < 4.78 is 28.2. The van der Waals surface area contributed by atoms with Gasteiger partial charge in [0.25, 0.3) is 5.91 Å². The van der Waals surface area contributed by atoms with E-state index in [9.17, 15) is 18.4 Å². The third-order valence-electron chi connectivity index (χ3n) is 2.60. The lowest BCUT2D eigenvalue weighted by Gasteiger charge is -2.27. The Balaban J connectivity index is 3.01. The van der Waals surface area contributed by atoms with Crippen molar-refractivity contribution in [2.24, 2.45) is 5.92 Å². The maximum absolute atomic E-state index is 14.1. The molecule has 4 nitrogen and oxygen atoms in total. The average Bonchev–Trinajstić information content (AvgIpc) is 2.37. The van der Waals surface area contributed by atoms with Gasteiger partial charge in [0.05, 0.1) is 0 Å². The van der Waals surface area contributed by atoms with Gasteiger partial charge in [0.1, 0.15) is 6.54 Å². The van der Waals surface area contributed by atoms with E-state index in [1.165, 1.54) is 12.1 Å². The van der Waals surface area contributed by atoms with E-state index in [1.54, 1.807) is 19.9 Å². The number of hydrogen-bond donors (Lipinski definition) is 1. The molecule has 1 amide bonds. The van der Waals surface area contributed by atoms with Crippen LogP contribution in [0.2, 0.25) is 0 Å². The highest BCUT2D eigenvalue weighted by Gasteiger charge is 2.44. The van der Waals surface area contributed by atoms with Crippen molar-refractivity contribution in [3.8, 4) is 0 Å². The minimum Gasteiger partial charge on any atom is -0.480 e. The molecule has 1 aromatic rings. The first kappa shape index (κ1) is 16.1. The molecule has 0 aliphatic rings. The lowest BCUT2D eigenvalue weighted by molar-refractivity contribution is -0.163. The highest BCUT2D eigenvalue weighted by atomic mass is 19.3. The molecule has 0 fully saturated rings. The summed E-state index contributed by atoms with van der Waals surface area (Å²) in [5, 5.41) is 8.74. The number of halogens is 2. The Labute approximate surface area is 116 Å². The third kappa shape index (κ3) is 4.01. The normalized spacial score (nSPS) is 11.4. The van der Waals surface area contributed by atoms with Crippen molar-refractivity contribution in [1.29, 1.82) is 0 Å². The van der Waals surface area contributed by atoms with Gasteiger partial charge in [-0.25, -0.2) is 0 Å². The van der Waals surface area contributed by atoms with Gasteiger partial charge in [-0.05, 0) is 5.92 Å². The van der Waals surface area contributed by atoms with Crippen LogP contribution in [0, 0.1) is 5.92 Å². The van der Waals surface area contributed by atoms with Gasteiger partial charge in [0.2, 0.25) is 0 Å². The molecule has 1 rings (SSSR count). The fraction of sp³-hybridized carbons (Fsp3) is 0.429. The van der Waals surface area contributed by atoms with Crippen LogP contribution in [-0.4, -0.2) is 35.0 Å². The molecule has 0 spiro atoms. The molecule has 0 aromatic heterocycles. The fourth-order valence-corrected chi connectivity index (χ4v) is 1.79. The smallest absolute Gasteiger partial charge is 0.349 e. The number of carbonyl (C=O) groups excluding carboxylic acids is 1. The number of carboxylic acids is 1. The molecule has 0 aliphatic heterocycles. The Kier molecular flexibility index (Phi) is 5.19. The maximum Gasteiger partial charge on any atom is 0.349 e. The topological polar surface area (TPSA) is 57.6 Å². The molecule has 0 aliphatic carbocycles. The van der Waals surface area contributed by atoms with Gasteiger partial charge in [-0.15, -0.1) is 0 Å². The van der Waals surface area contributed by atoms with Crippen LogP contribution in [0.1, 0.15) is 19.4 Å². The highest BCUT2D eigenvalue weighted by molar-refractivity contribution is 5.87. The summed E-state index contributed by atoms with van der Waals surface area (Å²) in [6.45, 7) is 2.68. The predicted octanol–water partition coefficient (Wildman–Crippen LogP) is 2.35. The van der Waals surface area contributed by atoms with Crippen LogP contribution in [0.15, 0.2) is 30.3 Å². The number of hydrogen-bond acceptors (Lipinski definition) is 2. The zero-order chi connectivity index (χ0) is 15.3. The molecule has 0 bridgehead atoms. The zero-order valence-electron chi connectivity index (χ0n) is 11.3. The summed E-state index contributed by atoms with van der Waals surface area (Å²) >= 11 is 0. The zero-order valence-corrected chi connectivity index (χ0v) is 11.3. The first-order valence-electron chi connectivity index (χ1n) is 6.19. The van der Waals surface area contributed by atoms with E-state index in [4.69, 9.17) is 5.11 Å². The van der Waals surface area contributed by atoms with Crippen molar-refractivity contribution in [2.75, 3.05) is 13.1 Å². The monoisotopic (exact) mass is 285 g/mol. The van der Waals surface area contributed by atoms with Gasteiger partial charge in [0.15, 0.2) is 0 Å². The van der Waals surface area contributed by atoms with Crippen molar-refractivity contribution in [1.82, 2.24) is 4.90 Å². The number of aliphatic carboxylic acids is 1. The second-order valence-electron chi connectivity index (χ2n) is 4.91. The summed E-state index contributed by atoms with van der Waals surface area (Å²) in [6, 6.07) is 6.66. The summed E-state index contributed by atoms with van der Waals surface area (Å²) in [5.41, 5.74) is -0.441. The van der Waals surface area contributed by atoms with Crippen LogP contribution >= 0.6 is 0 Å². The quantitative estimate of drug-likeness (QED) is 0.873. The molecule has 6 heteroatoms. The first-order chi connectivity index (χ1) is 9.25. The van der Waals surface area contributed by atoms with E-state index in [0.717, 1.165) is 12.1 Å². The van der Waals surface area contributed by atoms with Gasteiger partial charge < -0.3 is 10.0 Å². The van der Waals surface area contributed by atoms with Crippen LogP contribution in [0.4, 0.5) is 8.78 Å². The second-order valence-corrected chi connectivity index (χ2v) is 4.91. The molecule has 0 saturated heterocycles. The van der Waals surface area contributed by atoms with Gasteiger partial charge in [-0.3, -0.25) is 9.59 Å². The van der Waals surface area contributed by atoms with E-state index in [2.05, 4.69) is 0 Å². The molecule has 0 atom stereocenters. The number of carbonyl (C=O) groups is 2. The Morgan fingerprint density at radius 2 is 1.80 bits per heavy atom. The Hall–Kier alpha value is -1.98. The van der Waals surface area contributed by atoms with E-state index in [0.29, 0.717) is 4.90 Å². The standard InChI is InChI=1S/C14H17F2NO3/c1-10(2)8-17(9-12(18)19)13(20)14(15,16)11-6-4-3-5-7-11/h3-7,10H,8-9H2,1-2H3,(H,18,19). The molecule has 1 aromatic carbocycles. The second kappa shape index (κ2) is 6.45. The van der Waals surface area contributed by atoms with Crippen LogP contribution in [0.3, 0.4) is 0 Å². The number of benzene rings is 1. The van der Waals surface area contributed by atoms with Crippen LogP contribution < -0.4 is 0 Å². The predicted molar refractivity (Wildman–Crippen MR) is 69.4 cm³/mol. The Morgan fingerprint density at radius 3 is 2.25 bits per heavy atom. The third-order valence-corrected chi connectivity index (χ3v) is 2.60. The number of carboxylic acid groups (broad SMARTS) is 1. The maximum atomic E-state index is 14.1. The lowest BCUT2D eigenvalue weighted by atomic mass is 10.1. The summed E-state index contributed by atoms with van der Waals surface area (Å²) in [6.07, 6.45) is 0. The van der Waals surface area contributed by atoms with E-state index < -0.39 is 29.9 Å². The molecule has 0 saturated carbocycles. The van der Waals surface area contributed by atoms with E-state index in [1.807, 2.05) is 0 Å². The number of alkyl halides is 2. The van der Waals surface area contributed by atoms with E-state index in [-0.39, 0.29) is 12.5 Å². The van der Waals surface area contributed by atoms with Crippen molar-refractivity contribution in [3.05, 3.63) is 35.9 Å². The summed E-state index contributed by atoms with van der Waals surface area (Å²) in [5.74, 6) is -6.64. The molecule has 20 heavy (non-hydrogen) atoms. The lowest BCUT2D eigenvalue weighted by Crippen LogP contribution is -2.46. The van der Waals surface area contributed by atoms with Gasteiger partial charge >= 0.3 is 11.9 Å². The highest BCUT2D eigenvalue weighted by Crippen LogP contribution is 2.30. The van der Waals surface area contributed by atoms with Crippen LogP contribution in [0.25, 0.3) is 0 Å². The largest absolute Gasteiger partial charge is 0.480 e. The SMILES string of the molecule is CC(C)CN(CC(=O)O)C(=O)C(F)(F)c1ccccc1. The van der Waals surface area contributed by atoms with Gasteiger partial charge in [-0.2, -0.15) is 8.78 Å². The van der Waals surface area contributed by atoms with Crippen molar-refractivity contribution in [2.45, 2.75) is 19.8 Å². The van der Waals surface area contributed by atoms with Gasteiger partial charge in [-0.1, -0.05) is 44.2 Å².